The van der Waals surface area contributed by atoms with Gasteiger partial charge in [-0.05, 0) is 163 Å². The number of nitrogens with zero attached hydrogens (tertiary/aromatic N) is 3. The number of thiophene rings is 1. The van der Waals surface area contributed by atoms with Gasteiger partial charge < -0.3 is 15.5 Å². The lowest BCUT2D eigenvalue weighted by Gasteiger charge is -2.29. The van der Waals surface area contributed by atoms with Gasteiger partial charge in [-0.3, -0.25) is 0 Å². The lowest BCUT2D eigenvalue weighted by Crippen LogP contribution is -2.39. The van der Waals surface area contributed by atoms with Crippen molar-refractivity contribution in [3.8, 4) is 0 Å². The number of nitrogens with one attached hydrogen (secondary N) is 2. The number of para-hydroxylation sites is 1. The maximum Gasteiger partial charge on any atom is 0.169 e. The summed E-state index contributed by atoms with van der Waals surface area (Å²) in [7, 11) is 0. The van der Waals surface area contributed by atoms with Crippen LogP contribution in [-0.4, -0.2) is 24.3 Å². The second kappa shape index (κ2) is 18.3. The molecule has 2 N–H and O–H groups in total. The van der Waals surface area contributed by atoms with Crippen LogP contribution in [0.5, 0.6) is 0 Å². The molecule has 0 spiro atoms. The highest BCUT2D eigenvalue weighted by Gasteiger charge is 2.44. The van der Waals surface area contributed by atoms with Gasteiger partial charge >= 0.3 is 0 Å². The van der Waals surface area contributed by atoms with Crippen LogP contribution in [0.25, 0.3) is 39.1 Å². The van der Waals surface area contributed by atoms with E-state index in [0.717, 1.165) is 86.4 Å². The van der Waals surface area contributed by atoms with Crippen molar-refractivity contribution in [3.63, 3.8) is 0 Å². The summed E-state index contributed by atoms with van der Waals surface area (Å²) in [5.41, 5.74) is 15.5. The van der Waals surface area contributed by atoms with Crippen LogP contribution in [0.4, 0.5) is 5.69 Å². The summed E-state index contributed by atoms with van der Waals surface area (Å²) in [4.78, 5) is 13.5. The van der Waals surface area contributed by atoms with Crippen LogP contribution < -0.4 is 25.3 Å². The quantitative estimate of drug-likeness (QED) is 0.153. The van der Waals surface area contributed by atoms with Crippen LogP contribution in [0.3, 0.4) is 0 Å². The number of fused-ring (bicyclic) bond motifs is 6. The highest BCUT2D eigenvalue weighted by molar-refractivity contribution is 7.17. The monoisotopic (exact) mass is 917 g/mol. The molecule has 1 fully saturated rings. The molecule has 8 aliphatic rings. The summed E-state index contributed by atoms with van der Waals surface area (Å²) in [5, 5.41) is 10.7. The number of dihydropyridines is 1. The van der Waals surface area contributed by atoms with Gasteiger partial charge in [-0.15, -0.1) is 11.3 Å². The minimum absolute atomic E-state index is 0.346. The second-order valence-electron chi connectivity index (χ2n) is 20.0. The number of hydrogen-bond acceptors (Lipinski definition) is 6. The van der Waals surface area contributed by atoms with E-state index in [0.29, 0.717) is 23.8 Å². The van der Waals surface area contributed by atoms with Gasteiger partial charge in [-0.25, -0.2) is 9.98 Å². The molecule has 5 unspecified atom stereocenters. The summed E-state index contributed by atoms with van der Waals surface area (Å²) in [6.45, 7) is 0.721. The maximum atomic E-state index is 5.53. The number of hydrogen-bond donors (Lipinski definition) is 2. The van der Waals surface area contributed by atoms with E-state index in [4.69, 9.17) is 9.98 Å². The highest BCUT2D eigenvalue weighted by atomic mass is 32.1. The number of rotatable bonds is 8. The fourth-order valence-corrected chi connectivity index (χ4v) is 13.6. The van der Waals surface area contributed by atoms with Gasteiger partial charge in [0.1, 0.15) is 11.7 Å². The minimum Gasteiger partial charge on any atom is -0.380 e. The van der Waals surface area contributed by atoms with Crippen molar-refractivity contribution in [1.29, 1.82) is 0 Å². The zero-order valence-electron chi connectivity index (χ0n) is 39.3. The fraction of sp³-hybridized carbons (Fsp3) is 0.270. The van der Waals surface area contributed by atoms with Crippen molar-refractivity contribution >= 4 is 67.8 Å². The smallest absolute Gasteiger partial charge is 0.169 e. The molecule has 0 radical (unpaired) electrons. The van der Waals surface area contributed by atoms with E-state index in [9.17, 15) is 0 Å². The minimum atomic E-state index is -0.346. The molecule has 1 aromatic heterocycles. The third kappa shape index (κ3) is 7.97. The lowest BCUT2D eigenvalue weighted by atomic mass is 9.80. The first-order valence-corrected chi connectivity index (χ1v) is 26.5. The topological polar surface area (TPSA) is 52.0 Å². The Bertz CT molecular complexity index is 3310. The van der Waals surface area contributed by atoms with Crippen molar-refractivity contribution in [2.75, 3.05) is 11.4 Å². The largest absolute Gasteiger partial charge is 0.380 e. The molecule has 5 aliphatic carbocycles. The molecule has 0 bridgehead atoms. The standard InChI is InChI=1S/C63H59N5S/c1-6-18-41(19-7-1)49-32-30-45(36-52(49)42-20-8-2-9-21-42)47-38-55(63-66-61(43-22-10-3-11-23-43)65-62(67-63)44-24-12-4-13-25-44)60(64-40-47)46-31-35-58-54(37-46)51-33-34-57-53(39-59(51)69-58)50-28-16-17-29-56(50)68(57)48-26-14-5-15-27-48/h1-3,5-6,8,10-11,14-18,22-24,26-27,29-33,35-39,42,50,53,57,61,64H,4,7,9,12-13,19-21,25,28,34,40H2,(H,65,66,67). The maximum absolute atomic E-state index is 5.53. The molecule has 5 nitrogen and oxygen atoms in total. The second-order valence-corrected chi connectivity index (χ2v) is 21.1. The first kappa shape index (κ1) is 42.4. The van der Waals surface area contributed by atoms with E-state index in [-0.39, 0.29) is 6.17 Å². The Kier molecular flexibility index (Phi) is 11.2. The summed E-state index contributed by atoms with van der Waals surface area (Å²) < 4.78 is 2.75. The predicted octanol–water partition coefficient (Wildman–Crippen LogP) is 13.4. The fourth-order valence-electron chi connectivity index (χ4n) is 12.4. The average Bonchev–Trinajstić information content (AvgIpc) is 3.87. The number of amidine groups is 2. The average molecular weight is 918 g/mol. The van der Waals surface area contributed by atoms with Crippen molar-refractivity contribution in [2.45, 2.75) is 88.8 Å². The SMILES string of the molecule is C1=CCCC(c2ccc(C3=CC(C4=NC(c5ccccc5)N=C(C5=CCCCC5)N4)=C(c4ccc5sc6c(c5c4)=CCC4C(C=6)C5CC=CC=C5N4c4ccccc4)NC3)cc2C2CC=CCC2)=C1. The number of aliphatic imine (C=N–C) groups is 2. The van der Waals surface area contributed by atoms with Crippen LogP contribution in [0.15, 0.2) is 185 Å². The van der Waals surface area contributed by atoms with E-state index >= 15 is 0 Å². The summed E-state index contributed by atoms with van der Waals surface area (Å²) in [6.07, 6.45) is 40.6. The van der Waals surface area contributed by atoms with Gasteiger partial charge in [0.15, 0.2) is 6.17 Å². The van der Waals surface area contributed by atoms with Gasteiger partial charge in [0.05, 0.1) is 5.70 Å². The molecule has 13 rings (SSSR count). The Morgan fingerprint density at radius 3 is 2.39 bits per heavy atom. The molecular weight excluding hydrogens is 859 g/mol. The molecule has 5 aromatic rings. The van der Waals surface area contributed by atoms with E-state index in [1.807, 2.05) is 11.3 Å². The summed E-state index contributed by atoms with van der Waals surface area (Å²) in [5.74, 6) is 3.26. The Hall–Kier alpha value is -6.76. The van der Waals surface area contributed by atoms with Crippen molar-refractivity contribution in [2.24, 2.45) is 21.8 Å². The zero-order valence-corrected chi connectivity index (χ0v) is 40.1. The summed E-state index contributed by atoms with van der Waals surface area (Å²) in [6, 6.07) is 36.6. The Morgan fingerprint density at radius 1 is 0.681 bits per heavy atom. The molecule has 5 atom stereocenters. The third-order valence-corrected chi connectivity index (χ3v) is 17.1. The normalized spacial score (nSPS) is 25.0. The van der Waals surface area contributed by atoms with Crippen LogP contribution in [-0.2, 0) is 0 Å². The number of benzene rings is 4. The van der Waals surface area contributed by atoms with E-state index in [2.05, 4.69) is 186 Å². The number of allylic oxidation sites excluding steroid dienone is 11. The Morgan fingerprint density at radius 2 is 1.55 bits per heavy atom. The van der Waals surface area contributed by atoms with E-state index in [1.54, 1.807) is 0 Å². The van der Waals surface area contributed by atoms with Gasteiger partial charge in [-0.2, -0.15) is 0 Å². The molecule has 3 aliphatic heterocycles. The molecule has 1 saturated heterocycles. The highest BCUT2D eigenvalue weighted by Crippen LogP contribution is 2.48. The van der Waals surface area contributed by atoms with Crippen molar-refractivity contribution in [3.05, 3.63) is 212 Å². The zero-order chi connectivity index (χ0) is 45.7. The molecule has 0 saturated carbocycles. The first-order valence-electron chi connectivity index (χ1n) is 25.7. The van der Waals surface area contributed by atoms with Crippen molar-refractivity contribution in [1.82, 2.24) is 10.6 Å². The molecule has 6 heteroatoms. The molecule has 0 amide bonds. The molecule has 342 valence electrons. The van der Waals surface area contributed by atoms with Crippen LogP contribution >= 0.6 is 11.3 Å². The lowest BCUT2D eigenvalue weighted by molar-refractivity contribution is 0.487. The van der Waals surface area contributed by atoms with E-state index < -0.39 is 0 Å². The van der Waals surface area contributed by atoms with Gasteiger partial charge in [0, 0.05) is 56.0 Å². The van der Waals surface area contributed by atoms with Crippen molar-refractivity contribution < 1.29 is 0 Å². The molecule has 4 aromatic carbocycles. The predicted molar refractivity (Wildman–Crippen MR) is 291 cm³/mol. The Labute approximate surface area is 410 Å². The summed E-state index contributed by atoms with van der Waals surface area (Å²) >= 11 is 1.96. The van der Waals surface area contributed by atoms with Crippen LogP contribution in [0.1, 0.15) is 111 Å². The number of anilines is 1. The molecule has 69 heavy (non-hydrogen) atoms. The van der Waals surface area contributed by atoms with Gasteiger partial charge in [-0.1, -0.05) is 134 Å². The Balaban J connectivity index is 0.953. The first-order chi connectivity index (χ1) is 34.2. The molecule has 4 heterocycles. The van der Waals surface area contributed by atoms with Gasteiger partial charge in [0.2, 0.25) is 0 Å². The van der Waals surface area contributed by atoms with Crippen LogP contribution in [0.2, 0.25) is 0 Å². The van der Waals surface area contributed by atoms with Crippen LogP contribution in [0, 0.1) is 11.8 Å². The van der Waals surface area contributed by atoms with Gasteiger partial charge in [0.25, 0.3) is 0 Å². The molecular formula is C63H59N5S. The third-order valence-electron chi connectivity index (χ3n) is 15.9. The van der Waals surface area contributed by atoms with E-state index in [1.165, 1.54) is 89.5 Å².